The largest absolute Gasteiger partial charge is 0.497 e. The quantitative estimate of drug-likeness (QED) is 0.540. The molecule has 2 aromatic rings. The summed E-state index contributed by atoms with van der Waals surface area (Å²) in [7, 11) is 1.65. The summed E-state index contributed by atoms with van der Waals surface area (Å²) in [5.41, 5.74) is 1.93. The van der Waals surface area contributed by atoms with Crippen LogP contribution in [0.4, 0.5) is 0 Å². The Morgan fingerprint density at radius 2 is 1.82 bits per heavy atom. The molecule has 3 aliphatic heterocycles. The third-order valence-corrected chi connectivity index (χ3v) is 7.85. The Hall–Kier alpha value is -3.30. The lowest BCUT2D eigenvalue weighted by molar-refractivity contribution is -0.138. The summed E-state index contributed by atoms with van der Waals surface area (Å²) in [6.45, 7) is 11.2. The monoisotopic (exact) mass is 550 g/mol. The van der Waals surface area contributed by atoms with Gasteiger partial charge in [0.25, 0.3) is 0 Å². The van der Waals surface area contributed by atoms with Crippen LogP contribution >= 0.6 is 0 Å². The maximum absolute atomic E-state index is 13.9. The van der Waals surface area contributed by atoms with Crippen LogP contribution in [0.3, 0.4) is 0 Å². The van der Waals surface area contributed by atoms with E-state index in [0.717, 1.165) is 41.5 Å². The number of nitrogens with one attached hydrogen (secondary N) is 1. The Balaban J connectivity index is 1.42. The van der Waals surface area contributed by atoms with Crippen LogP contribution in [0.25, 0.3) is 0 Å². The van der Waals surface area contributed by atoms with Crippen molar-refractivity contribution in [2.24, 2.45) is 5.41 Å². The number of ether oxygens (including phenoxy) is 3. The Morgan fingerprint density at radius 3 is 2.58 bits per heavy atom. The highest BCUT2D eigenvalue weighted by Gasteiger charge is 2.42. The van der Waals surface area contributed by atoms with E-state index in [1.165, 1.54) is 0 Å². The fraction of sp³-hybridized carbons (Fsp3) is 0.548. The molecule has 9 nitrogen and oxygen atoms in total. The van der Waals surface area contributed by atoms with Crippen molar-refractivity contribution >= 4 is 11.8 Å². The maximum Gasteiger partial charge on any atom is 0.240 e. The summed E-state index contributed by atoms with van der Waals surface area (Å²) < 4.78 is 16.6. The number of likely N-dealkylation sites (tertiary alicyclic amines) is 1. The van der Waals surface area contributed by atoms with Crippen molar-refractivity contribution in [1.82, 2.24) is 20.0 Å². The molecule has 0 saturated carbocycles. The van der Waals surface area contributed by atoms with E-state index < -0.39 is 0 Å². The van der Waals surface area contributed by atoms with E-state index in [9.17, 15) is 9.59 Å². The van der Waals surface area contributed by atoms with E-state index in [-0.39, 0.29) is 36.1 Å². The van der Waals surface area contributed by atoms with E-state index in [0.29, 0.717) is 45.6 Å². The van der Waals surface area contributed by atoms with Gasteiger partial charge in [-0.3, -0.25) is 14.5 Å². The minimum absolute atomic E-state index is 0.0908. The maximum atomic E-state index is 13.9. The van der Waals surface area contributed by atoms with Gasteiger partial charge >= 0.3 is 0 Å². The smallest absolute Gasteiger partial charge is 0.240 e. The molecular formula is C31H42N4O5. The minimum atomic E-state index is -0.302. The Labute approximate surface area is 237 Å². The first-order valence-corrected chi connectivity index (χ1v) is 14.2. The molecule has 1 N–H and O–H groups in total. The molecule has 0 aliphatic carbocycles. The van der Waals surface area contributed by atoms with Gasteiger partial charge in [-0.2, -0.15) is 0 Å². The van der Waals surface area contributed by atoms with Crippen molar-refractivity contribution in [3.8, 4) is 17.2 Å². The van der Waals surface area contributed by atoms with E-state index >= 15 is 0 Å². The molecular weight excluding hydrogens is 508 g/mol. The number of methoxy groups -OCH3 is 1. The van der Waals surface area contributed by atoms with Gasteiger partial charge in [-0.1, -0.05) is 39.0 Å². The predicted octanol–water partition coefficient (Wildman–Crippen LogP) is 3.26. The number of benzene rings is 2. The second kappa shape index (κ2) is 12.1. The number of nitrogens with zero attached hydrogens (tertiary/aromatic N) is 3. The van der Waals surface area contributed by atoms with E-state index in [4.69, 9.17) is 14.2 Å². The van der Waals surface area contributed by atoms with Crippen LogP contribution in [0.15, 0.2) is 42.5 Å². The first-order valence-electron chi connectivity index (χ1n) is 14.2. The molecule has 2 fully saturated rings. The van der Waals surface area contributed by atoms with E-state index in [1.807, 2.05) is 52.3 Å². The van der Waals surface area contributed by atoms with Crippen molar-refractivity contribution in [1.29, 1.82) is 0 Å². The molecule has 2 saturated heterocycles. The van der Waals surface area contributed by atoms with Crippen LogP contribution in [0.1, 0.15) is 44.7 Å². The summed E-state index contributed by atoms with van der Waals surface area (Å²) in [5, 5.41) is 3.34. The summed E-state index contributed by atoms with van der Waals surface area (Å²) in [5.74, 6) is 2.50. The number of hydrogen-bond donors (Lipinski definition) is 1. The van der Waals surface area contributed by atoms with Gasteiger partial charge in [-0.05, 0) is 47.2 Å². The van der Waals surface area contributed by atoms with Crippen molar-refractivity contribution < 1.29 is 23.8 Å². The first kappa shape index (κ1) is 28.2. The Morgan fingerprint density at radius 1 is 1.05 bits per heavy atom. The summed E-state index contributed by atoms with van der Waals surface area (Å²) in [6, 6.07) is 13.5. The Bertz CT molecular complexity index is 1210. The number of amides is 2. The van der Waals surface area contributed by atoms with E-state index in [1.54, 1.807) is 7.11 Å². The van der Waals surface area contributed by atoms with Crippen LogP contribution in [-0.4, -0.2) is 85.2 Å². The molecule has 9 heteroatoms. The second-order valence-electron chi connectivity index (χ2n) is 12.2. The molecule has 3 heterocycles. The summed E-state index contributed by atoms with van der Waals surface area (Å²) in [4.78, 5) is 33.9. The number of rotatable bonds is 8. The third kappa shape index (κ3) is 6.70. The average Bonchev–Trinajstić information content (AvgIpc) is 3.58. The van der Waals surface area contributed by atoms with Crippen LogP contribution in [0.2, 0.25) is 0 Å². The zero-order valence-electron chi connectivity index (χ0n) is 24.2. The van der Waals surface area contributed by atoms with Crippen LogP contribution in [0.5, 0.6) is 17.2 Å². The SMILES string of the molecule is COc1cccc(CN(C(=O)CC(C)(C)C)C2C[C@@H](C(=O)N3CCNCC3)N(Cc3ccc4c(c3)OCO4)C2)c1. The van der Waals surface area contributed by atoms with Crippen LogP contribution < -0.4 is 19.5 Å². The van der Waals surface area contributed by atoms with Crippen molar-refractivity contribution in [2.75, 3.05) is 46.6 Å². The zero-order chi connectivity index (χ0) is 28.3. The fourth-order valence-electron chi connectivity index (χ4n) is 5.85. The number of carbonyl (C=O) groups excluding carboxylic acids is 2. The van der Waals surface area contributed by atoms with Gasteiger partial charge in [0.2, 0.25) is 18.6 Å². The molecule has 2 aromatic carbocycles. The van der Waals surface area contributed by atoms with Crippen molar-refractivity contribution in [3.63, 3.8) is 0 Å². The molecule has 216 valence electrons. The molecule has 2 atom stereocenters. The van der Waals surface area contributed by atoms with Crippen LogP contribution in [-0.2, 0) is 22.7 Å². The number of piperazine rings is 1. The summed E-state index contributed by atoms with van der Waals surface area (Å²) >= 11 is 0. The predicted molar refractivity (Wildman–Crippen MR) is 152 cm³/mol. The third-order valence-electron chi connectivity index (χ3n) is 7.85. The lowest BCUT2D eigenvalue weighted by Crippen LogP contribution is -2.52. The van der Waals surface area contributed by atoms with Gasteiger partial charge in [-0.25, -0.2) is 0 Å². The second-order valence-corrected chi connectivity index (χ2v) is 12.2. The number of hydrogen-bond acceptors (Lipinski definition) is 7. The molecule has 0 bridgehead atoms. The van der Waals surface area contributed by atoms with Gasteiger partial charge in [0.05, 0.1) is 13.2 Å². The number of carbonyl (C=O) groups is 2. The molecule has 0 radical (unpaired) electrons. The van der Waals surface area contributed by atoms with Gasteiger partial charge < -0.3 is 29.3 Å². The zero-order valence-corrected chi connectivity index (χ0v) is 24.2. The van der Waals surface area contributed by atoms with Gasteiger partial charge in [0.15, 0.2) is 11.5 Å². The van der Waals surface area contributed by atoms with Crippen molar-refractivity contribution in [3.05, 3.63) is 53.6 Å². The molecule has 3 aliphatic rings. The van der Waals surface area contributed by atoms with Crippen molar-refractivity contribution in [2.45, 2.75) is 58.8 Å². The average molecular weight is 551 g/mol. The lowest BCUT2D eigenvalue weighted by Gasteiger charge is -2.33. The highest BCUT2D eigenvalue weighted by molar-refractivity contribution is 5.83. The summed E-state index contributed by atoms with van der Waals surface area (Å²) in [6.07, 6.45) is 1.04. The lowest BCUT2D eigenvalue weighted by atomic mass is 9.91. The molecule has 0 aromatic heterocycles. The first-order chi connectivity index (χ1) is 19.2. The standard InChI is InChI=1S/C31H42N4O5/c1-31(2,3)17-29(36)35(19-22-6-5-7-25(14-22)38-4)24-16-26(30(37)33-12-10-32-11-13-33)34(20-24)18-23-8-9-27-28(15-23)40-21-39-27/h5-9,14-15,24,26,32H,10-13,16-21H2,1-4H3/t24?,26-/m0/s1. The minimum Gasteiger partial charge on any atom is -0.497 e. The van der Waals surface area contributed by atoms with Gasteiger partial charge in [-0.15, -0.1) is 0 Å². The molecule has 40 heavy (non-hydrogen) atoms. The molecule has 0 spiro atoms. The van der Waals surface area contributed by atoms with Gasteiger partial charge in [0, 0.05) is 58.3 Å². The fourth-order valence-corrected chi connectivity index (χ4v) is 5.85. The van der Waals surface area contributed by atoms with Crippen LogP contribution in [0, 0.1) is 5.41 Å². The molecule has 5 rings (SSSR count). The topological polar surface area (TPSA) is 83.6 Å². The highest BCUT2D eigenvalue weighted by Crippen LogP contribution is 2.35. The number of fused-ring (bicyclic) bond motifs is 1. The normalized spacial score (nSPS) is 20.9. The molecule has 1 unspecified atom stereocenters. The Kier molecular flexibility index (Phi) is 8.51. The van der Waals surface area contributed by atoms with E-state index in [2.05, 4.69) is 31.0 Å². The van der Waals surface area contributed by atoms with Gasteiger partial charge in [0.1, 0.15) is 5.75 Å². The highest BCUT2D eigenvalue weighted by atomic mass is 16.7. The molecule has 2 amide bonds.